The molecule has 3 rings (SSSR count). The van der Waals surface area contributed by atoms with Crippen LogP contribution in [0.2, 0.25) is 0 Å². The van der Waals surface area contributed by atoms with Crippen LogP contribution in [-0.2, 0) is 9.53 Å². The summed E-state index contributed by atoms with van der Waals surface area (Å²) in [6.07, 6.45) is 0. The van der Waals surface area contributed by atoms with Gasteiger partial charge in [0, 0.05) is 12.6 Å². The maximum atomic E-state index is 11.4. The van der Waals surface area contributed by atoms with E-state index in [1.807, 2.05) is 23.1 Å². The van der Waals surface area contributed by atoms with E-state index in [9.17, 15) is 9.90 Å². The van der Waals surface area contributed by atoms with Crippen LogP contribution in [0.25, 0.3) is 10.8 Å². The molecule has 1 fully saturated rings. The Morgan fingerprint density at radius 3 is 2.86 bits per heavy atom. The molecule has 1 aliphatic rings. The van der Waals surface area contributed by atoms with Crippen LogP contribution in [0.4, 0.5) is 0 Å². The molecule has 0 bridgehead atoms. The summed E-state index contributed by atoms with van der Waals surface area (Å²) in [7, 11) is 0. The van der Waals surface area contributed by atoms with Crippen molar-refractivity contribution in [2.75, 3.05) is 19.8 Å². The number of carboxylic acid groups (broad SMARTS) is 1. The van der Waals surface area contributed by atoms with Gasteiger partial charge in [0.05, 0.1) is 13.2 Å². The fraction of sp³-hybridized carbons (Fsp3) is 0.353. The first-order valence-electron chi connectivity index (χ1n) is 7.22. The van der Waals surface area contributed by atoms with E-state index in [1.165, 1.54) is 16.3 Å². The van der Waals surface area contributed by atoms with E-state index in [1.54, 1.807) is 0 Å². The molecule has 0 aromatic heterocycles. The largest absolute Gasteiger partial charge is 0.480 e. The Labute approximate surface area is 123 Å². The van der Waals surface area contributed by atoms with Crippen LogP contribution in [0.15, 0.2) is 42.5 Å². The minimum atomic E-state index is -0.818. The number of carbonyl (C=O) groups is 1. The van der Waals surface area contributed by atoms with Crippen LogP contribution < -0.4 is 0 Å². The molecule has 2 atom stereocenters. The lowest BCUT2D eigenvalue weighted by atomic mass is 9.97. The van der Waals surface area contributed by atoms with Gasteiger partial charge in [-0.05, 0) is 23.3 Å². The van der Waals surface area contributed by atoms with Crippen LogP contribution >= 0.6 is 0 Å². The number of hydrogen-bond acceptors (Lipinski definition) is 3. The normalized spacial score (nSPS) is 21.3. The zero-order valence-electron chi connectivity index (χ0n) is 12.0. The second-order valence-electron chi connectivity index (χ2n) is 5.41. The number of morpholine rings is 1. The average Bonchev–Trinajstić information content (AvgIpc) is 2.53. The van der Waals surface area contributed by atoms with Crippen LogP contribution in [0, 0.1) is 0 Å². The standard InChI is InChI=1S/C17H19NO3/c1-12(18-9-10-21-11-16(18)17(19)20)14-8-4-6-13-5-2-3-7-15(13)14/h2-8,12,16H,9-11H2,1H3,(H,19,20). The molecule has 2 aromatic rings. The van der Waals surface area contributed by atoms with Crippen LogP contribution in [0.3, 0.4) is 0 Å². The van der Waals surface area contributed by atoms with Crippen LogP contribution in [0.5, 0.6) is 0 Å². The van der Waals surface area contributed by atoms with E-state index in [0.29, 0.717) is 13.2 Å². The molecule has 21 heavy (non-hydrogen) atoms. The first-order chi connectivity index (χ1) is 10.2. The smallest absolute Gasteiger partial charge is 0.323 e. The first-order valence-corrected chi connectivity index (χ1v) is 7.22. The van der Waals surface area contributed by atoms with Crippen molar-refractivity contribution in [2.45, 2.75) is 19.0 Å². The number of carboxylic acids is 1. The molecular weight excluding hydrogens is 266 g/mol. The number of benzene rings is 2. The molecule has 0 radical (unpaired) electrons. The van der Waals surface area contributed by atoms with E-state index in [2.05, 4.69) is 31.2 Å². The fourth-order valence-electron chi connectivity index (χ4n) is 3.09. The van der Waals surface area contributed by atoms with Gasteiger partial charge >= 0.3 is 5.97 Å². The Balaban J connectivity index is 1.99. The summed E-state index contributed by atoms with van der Waals surface area (Å²) >= 11 is 0. The SMILES string of the molecule is CC(c1cccc2ccccc12)N1CCOCC1C(=O)O. The summed E-state index contributed by atoms with van der Waals surface area (Å²) < 4.78 is 5.32. The second kappa shape index (κ2) is 5.84. The molecule has 1 heterocycles. The second-order valence-corrected chi connectivity index (χ2v) is 5.41. The molecule has 0 aliphatic carbocycles. The topological polar surface area (TPSA) is 49.8 Å². The van der Waals surface area contributed by atoms with Crippen molar-refractivity contribution >= 4 is 16.7 Å². The van der Waals surface area contributed by atoms with Crippen molar-refractivity contribution in [2.24, 2.45) is 0 Å². The minimum Gasteiger partial charge on any atom is -0.480 e. The molecule has 0 spiro atoms. The van der Waals surface area contributed by atoms with Crippen molar-refractivity contribution in [3.8, 4) is 0 Å². The van der Waals surface area contributed by atoms with Gasteiger partial charge in [-0.2, -0.15) is 0 Å². The zero-order chi connectivity index (χ0) is 14.8. The molecule has 4 nitrogen and oxygen atoms in total. The Hall–Kier alpha value is -1.91. The van der Waals surface area contributed by atoms with Gasteiger partial charge in [-0.3, -0.25) is 9.69 Å². The lowest BCUT2D eigenvalue weighted by Gasteiger charge is -2.37. The van der Waals surface area contributed by atoms with Gasteiger partial charge in [0.2, 0.25) is 0 Å². The molecule has 1 saturated heterocycles. The van der Waals surface area contributed by atoms with E-state index < -0.39 is 12.0 Å². The molecule has 1 aliphatic heterocycles. The van der Waals surface area contributed by atoms with Gasteiger partial charge < -0.3 is 9.84 Å². The van der Waals surface area contributed by atoms with Crippen LogP contribution in [0.1, 0.15) is 18.5 Å². The summed E-state index contributed by atoms with van der Waals surface area (Å²) in [5, 5.41) is 11.8. The van der Waals surface area contributed by atoms with Gasteiger partial charge in [-0.1, -0.05) is 42.5 Å². The summed E-state index contributed by atoms with van der Waals surface area (Å²) in [5.74, 6) is -0.818. The third kappa shape index (κ3) is 2.64. The third-order valence-electron chi connectivity index (χ3n) is 4.23. The molecule has 2 aromatic carbocycles. The lowest BCUT2D eigenvalue weighted by Crippen LogP contribution is -2.50. The van der Waals surface area contributed by atoms with Gasteiger partial charge in [0.1, 0.15) is 6.04 Å². The number of ether oxygens (including phenoxy) is 1. The van der Waals surface area contributed by atoms with Gasteiger partial charge in [0.25, 0.3) is 0 Å². The number of rotatable bonds is 3. The highest BCUT2D eigenvalue weighted by Gasteiger charge is 2.33. The minimum absolute atomic E-state index is 0.0427. The Bertz CT molecular complexity index is 650. The Kier molecular flexibility index (Phi) is 3.90. The van der Waals surface area contributed by atoms with Crippen molar-refractivity contribution in [3.05, 3.63) is 48.0 Å². The number of aliphatic carboxylic acids is 1. The fourth-order valence-corrected chi connectivity index (χ4v) is 3.09. The summed E-state index contributed by atoms with van der Waals surface area (Å²) in [6.45, 7) is 3.55. The van der Waals surface area contributed by atoms with E-state index in [-0.39, 0.29) is 12.6 Å². The van der Waals surface area contributed by atoms with E-state index in [4.69, 9.17) is 4.74 Å². The molecule has 1 N–H and O–H groups in total. The highest BCUT2D eigenvalue weighted by Crippen LogP contribution is 2.30. The third-order valence-corrected chi connectivity index (χ3v) is 4.23. The molecule has 2 unspecified atom stereocenters. The average molecular weight is 285 g/mol. The molecule has 0 saturated carbocycles. The molecule has 110 valence electrons. The number of nitrogens with zero attached hydrogens (tertiary/aromatic N) is 1. The van der Waals surface area contributed by atoms with Crippen molar-refractivity contribution in [1.82, 2.24) is 4.90 Å². The van der Waals surface area contributed by atoms with E-state index in [0.717, 1.165) is 0 Å². The van der Waals surface area contributed by atoms with Crippen molar-refractivity contribution < 1.29 is 14.6 Å². The van der Waals surface area contributed by atoms with Gasteiger partial charge in [0.15, 0.2) is 0 Å². The van der Waals surface area contributed by atoms with Crippen molar-refractivity contribution in [3.63, 3.8) is 0 Å². The highest BCUT2D eigenvalue weighted by molar-refractivity contribution is 5.86. The number of fused-ring (bicyclic) bond motifs is 1. The summed E-state index contributed by atoms with van der Waals surface area (Å²) in [4.78, 5) is 13.5. The predicted molar refractivity (Wildman–Crippen MR) is 81.3 cm³/mol. The Morgan fingerprint density at radius 2 is 2.05 bits per heavy atom. The first kappa shape index (κ1) is 14.0. The lowest BCUT2D eigenvalue weighted by molar-refractivity contribution is -0.151. The van der Waals surface area contributed by atoms with Crippen molar-refractivity contribution in [1.29, 1.82) is 0 Å². The molecule has 0 amide bonds. The molecular formula is C17H19NO3. The Morgan fingerprint density at radius 1 is 1.29 bits per heavy atom. The van der Waals surface area contributed by atoms with E-state index >= 15 is 0 Å². The summed E-state index contributed by atoms with van der Waals surface area (Å²) in [5.41, 5.74) is 1.17. The van der Waals surface area contributed by atoms with Crippen LogP contribution in [-0.4, -0.2) is 41.8 Å². The molecule has 4 heteroatoms. The predicted octanol–water partition coefficient (Wildman–Crippen LogP) is 2.69. The van der Waals surface area contributed by atoms with Gasteiger partial charge in [-0.25, -0.2) is 0 Å². The zero-order valence-corrected chi connectivity index (χ0v) is 12.0. The number of hydrogen-bond donors (Lipinski definition) is 1. The maximum absolute atomic E-state index is 11.4. The maximum Gasteiger partial charge on any atom is 0.323 e. The highest BCUT2D eigenvalue weighted by atomic mass is 16.5. The summed E-state index contributed by atoms with van der Waals surface area (Å²) in [6, 6.07) is 13.9. The quantitative estimate of drug-likeness (QED) is 0.942. The van der Waals surface area contributed by atoms with Gasteiger partial charge in [-0.15, -0.1) is 0 Å². The monoisotopic (exact) mass is 285 g/mol.